The molecule has 0 radical (unpaired) electrons. The van der Waals surface area contributed by atoms with Crippen LogP contribution in [0.2, 0.25) is 0 Å². The van der Waals surface area contributed by atoms with Crippen LogP contribution < -0.4 is 9.47 Å². The largest absolute Gasteiger partial charge is 0.573 e. The number of carbonyl (C=O) groups is 1. The molecule has 1 aromatic heterocycles. The Morgan fingerprint density at radius 2 is 1.92 bits per heavy atom. The van der Waals surface area contributed by atoms with E-state index in [1.54, 1.807) is 19.9 Å². The van der Waals surface area contributed by atoms with Gasteiger partial charge in [0.25, 0.3) is 0 Å². The maximum atomic E-state index is 15.1. The number of rotatable bonds is 7. The van der Waals surface area contributed by atoms with Crippen LogP contribution in [0.3, 0.4) is 0 Å². The van der Waals surface area contributed by atoms with Gasteiger partial charge in [0.1, 0.15) is 29.5 Å². The van der Waals surface area contributed by atoms with Gasteiger partial charge in [0, 0.05) is 17.7 Å². The van der Waals surface area contributed by atoms with Crippen LogP contribution in [0.1, 0.15) is 28.8 Å². The maximum Gasteiger partial charge on any atom is 0.573 e. The van der Waals surface area contributed by atoms with Gasteiger partial charge in [-0.2, -0.15) is 0 Å². The minimum absolute atomic E-state index is 0.00312. The van der Waals surface area contributed by atoms with Crippen molar-refractivity contribution in [3.63, 3.8) is 0 Å². The summed E-state index contributed by atoms with van der Waals surface area (Å²) in [5.74, 6) is -1.77. The average molecular weight is 504 g/mol. The van der Waals surface area contributed by atoms with E-state index in [0.717, 1.165) is 12.1 Å². The molecule has 1 aliphatic rings. The summed E-state index contributed by atoms with van der Waals surface area (Å²) in [5, 5.41) is 13.9. The molecule has 4 rings (SSSR count). The normalized spacial score (nSPS) is 13.4. The van der Waals surface area contributed by atoms with Crippen LogP contribution >= 0.6 is 0 Å². The molecule has 2 aromatic carbocycles. The SMILES string of the molecule is Cc1cc(OCC2=NOC(=O)C2)c(F)c(C)c1Cc1ccc(O)c(-c2cccc(OC(F)(F)F)c2)n1. The van der Waals surface area contributed by atoms with Crippen molar-refractivity contribution in [3.05, 3.63) is 70.7 Å². The highest BCUT2D eigenvalue weighted by Gasteiger charge is 2.31. The lowest BCUT2D eigenvalue weighted by Gasteiger charge is -2.16. The summed E-state index contributed by atoms with van der Waals surface area (Å²) in [6, 6.07) is 9.55. The molecular weight excluding hydrogens is 484 g/mol. The predicted molar refractivity (Wildman–Crippen MR) is 120 cm³/mol. The van der Waals surface area contributed by atoms with Crippen molar-refractivity contribution in [2.24, 2.45) is 5.16 Å². The average Bonchev–Trinajstić information content (AvgIpc) is 3.23. The van der Waals surface area contributed by atoms with Crippen LogP contribution in [0.25, 0.3) is 11.3 Å². The van der Waals surface area contributed by atoms with Crippen molar-refractivity contribution in [1.82, 2.24) is 4.98 Å². The summed E-state index contributed by atoms with van der Waals surface area (Å²) in [5.41, 5.74) is 2.75. The third-order valence-electron chi connectivity index (χ3n) is 5.47. The molecule has 0 amide bonds. The van der Waals surface area contributed by atoms with Crippen molar-refractivity contribution in [2.75, 3.05) is 6.61 Å². The zero-order valence-corrected chi connectivity index (χ0v) is 19.1. The molecule has 0 spiro atoms. The molecule has 2 heterocycles. The third kappa shape index (κ3) is 5.73. The Morgan fingerprint density at radius 3 is 2.61 bits per heavy atom. The summed E-state index contributed by atoms with van der Waals surface area (Å²) in [4.78, 5) is 20.0. The van der Waals surface area contributed by atoms with Crippen LogP contribution in [0.4, 0.5) is 17.6 Å². The van der Waals surface area contributed by atoms with Crippen LogP contribution in [0.5, 0.6) is 17.2 Å². The van der Waals surface area contributed by atoms with E-state index in [1.165, 1.54) is 24.3 Å². The Labute approximate surface area is 202 Å². The molecule has 188 valence electrons. The number of hydrogen-bond acceptors (Lipinski definition) is 7. The summed E-state index contributed by atoms with van der Waals surface area (Å²) in [7, 11) is 0. The zero-order chi connectivity index (χ0) is 26.0. The summed E-state index contributed by atoms with van der Waals surface area (Å²) in [6.45, 7) is 3.26. The standard InChI is InChI=1S/C25H20F4N2O5/c1-13-8-21(34-12-17-11-22(33)36-31-17)23(26)14(2)19(13)10-16-6-7-20(32)24(30-16)15-4-3-5-18(9-15)35-25(27,28)29/h3-9,32H,10-12H2,1-2H3. The van der Waals surface area contributed by atoms with Crippen LogP contribution in [0, 0.1) is 19.7 Å². The van der Waals surface area contributed by atoms with Gasteiger partial charge >= 0.3 is 12.3 Å². The van der Waals surface area contributed by atoms with E-state index in [2.05, 4.69) is 19.7 Å². The molecule has 0 unspecified atom stereocenters. The van der Waals surface area contributed by atoms with E-state index < -0.39 is 23.9 Å². The molecule has 11 heteroatoms. The number of aryl methyl sites for hydroxylation is 1. The number of nitrogens with zero attached hydrogens (tertiary/aromatic N) is 2. The molecule has 7 nitrogen and oxygen atoms in total. The molecule has 3 aromatic rings. The topological polar surface area (TPSA) is 90.2 Å². The molecule has 0 saturated carbocycles. The van der Waals surface area contributed by atoms with Crippen LogP contribution in [-0.2, 0) is 16.1 Å². The highest BCUT2D eigenvalue weighted by Crippen LogP contribution is 2.33. The number of pyridine rings is 1. The number of hydrogen-bond donors (Lipinski definition) is 1. The van der Waals surface area contributed by atoms with Gasteiger partial charge in [0.2, 0.25) is 0 Å². The minimum atomic E-state index is -4.86. The molecular formula is C25H20F4N2O5. The fourth-order valence-electron chi connectivity index (χ4n) is 3.75. The van der Waals surface area contributed by atoms with Gasteiger partial charge < -0.3 is 19.4 Å². The van der Waals surface area contributed by atoms with Gasteiger partial charge in [0.15, 0.2) is 11.6 Å². The molecule has 0 aliphatic carbocycles. The van der Waals surface area contributed by atoms with Gasteiger partial charge in [-0.3, -0.25) is 0 Å². The monoisotopic (exact) mass is 504 g/mol. The number of oxime groups is 1. The molecule has 1 N–H and O–H groups in total. The Morgan fingerprint density at radius 1 is 1.14 bits per heavy atom. The highest BCUT2D eigenvalue weighted by atomic mass is 19.4. The second kappa shape index (κ2) is 9.84. The maximum absolute atomic E-state index is 15.1. The van der Waals surface area contributed by atoms with Crippen molar-refractivity contribution in [1.29, 1.82) is 0 Å². The van der Waals surface area contributed by atoms with Gasteiger partial charge in [-0.25, -0.2) is 14.2 Å². The molecule has 36 heavy (non-hydrogen) atoms. The molecule has 0 atom stereocenters. The first-order chi connectivity index (χ1) is 17.0. The van der Waals surface area contributed by atoms with E-state index in [4.69, 9.17) is 4.74 Å². The van der Waals surface area contributed by atoms with Gasteiger partial charge in [-0.1, -0.05) is 17.3 Å². The fraction of sp³-hybridized carbons (Fsp3) is 0.240. The minimum Gasteiger partial charge on any atom is -0.506 e. The number of aromatic hydroxyl groups is 1. The first-order valence-electron chi connectivity index (χ1n) is 10.7. The van der Waals surface area contributed by atoms with E-state index in [0.29, 0.717) is 28.1 Å². The quantitative estimate of drug-likeness (QED) is 0.343. The summed E-state index contributed by atoms with van der Waals surface area (Å²) < 4.78 is 62.3. The van der Waals surface area contributed by atoms with E-state index in [-0.39, 0.29) is 42.2 Å². The Balaban J connectivity index is 1.58. The second-order valence-corrected chi connectivity index (χ2v) is 8.12. The lowest BCUT2D eigenvalue weighted by atomic mass is 9.97. The second-order valence-electron chi connectivity index (χ2n) is 8.12. The van der Waals surface area contributed by atoms with E-state index >= 15 is 4.39 Å². The smallest absolute Gasteiger partial charge is 0.506 e. The Kier molecular flexibility index (Phi) is 6.82. The highest BCUT2D eigenvalue weighted by molar-refractivity contribution is 6.02. The van der Waals surface area contributed by atoms with Crippen molar-refractivity contribution >= 4 is 11.7 Å². The van der Waals surface area contributed by atoms with Gasteiger partial charge in [0.05, 0.1) is 6.42 Å². The number of carbonyl (C=O) groups excluding carboxylic acids is 1. The number of halogens is 4. The van der Waals surface area contributed by atoms with Crippen molar-refractivity contribution in [2.45, 2.75) is 33.1 Å². The lowest BCUT2D eigenvalue weighted by molar-refractivity contribution is -0.274. The number of aromatic nitrogens is 1. The summed E-state index contributed by atoms with van der Waals surface area (Å²) >= 11 is 0. The van der Waals surface area contributed by atoms with Gasteiger partial charge in [-0.15, -0.1) is 13.2 Å². The predicted octanol–water partition coefficient (Wildman–Crippen LogP) is 5.38. The fourth-order valence-corrected chi connectivity index (χ4v) is 3.75. The number of benzene rings is 2. The molecule has 0 bridgehead atoms. The number of ether oxygens (including phenoxy) is 2. The lowest BCUT2D eigenvalue weighted by Crippen LogP contribution is -2.17. The van der Waals surface area contributed by atoms with E-state index in [9.17, 15) is 23.1 Å². The zero-order valence-electron chi connectivity index (χ0n) is 19.1. The molecule has 1 aliphatic heterocycles. The molecule has 0 fully saturated rings. The van der Waals surface area contributed by atoms with Crippen LogP contribution in [-0.4, -0.2) is 34.7 Å². The first kappa shape index (κ1) is 25.0. The first-order valence-corrected chi connectivity index (χ1v) is 10.7. The van der Waals surface area contributed by atoms with E-state index in [1.807, 2.05) is 0 Å². The van der Waals surface area contributed by atoms with Gasteiger partial charge in [-0.05, 0) is 60.9 Å². The van der Waals surface area contributed by atoms with Crippen molar-refractivity contribution in [3.8, 4) is 28.5 Å². The van der Waals surface area contributed by atoms with Crippen molar-refractivity contribution < 1.29 is 41.8 Å². The third-order valence-corrected chi connectivity index (χ3v) is 5.47. The molecule has 0 saturated heterocycles. The Bertz CT molecular complexity index is 1360. The Hall–Kier alpha value is -4.15. The van der Waals surface area contributed by atoms with Crippen LogP contribution in [0.15, 0.2) is 47.6 Å². The number of alkyl halides is 3. The summed E-state index contributed by atoms with van der Waals surface area (Å²) in [6.07, 6.45) is -4.69.